The van der Waals surface area contributed by atoms with E-state index in [1.165, 1.54) is 24.3 Å². The van der Waals surface area contributed by atoms with Crippen molar-refractivity contribution in [2.75, 3.05) is 0 Å². The molecule has 1 atom stereocenters. The maximum atomic E-state index is 13.9. The third-order valence-corrected chi connectivity index (χ3v) is 4.38. The number of aromatic nitrogens is 2. The number of benzene rings is 2. The van der Waals surface area contributed by atoms with E-state index in [0.717, 1.165) is 35.0 Å². The third-order valence-electron chi connectivity index (χ3n) is 4.38. The average Bonchev–Trinajstić information content (AvgIpc) is 3.08. The Morgan fingerprint density at radius 3 is 2.39 bits per heavy atom. The number of carboxylic acid groups (broad SMARTS) is 1. The number of alkyl halides is 3. The highest BCUT2D eigenvalue weighted by atomic mass is 19.4. The first-order chi connectivity index (χ1) is 14.6. The van der Waals surface area contributed by atoms with Crippen molar-refractivity contribution in [3.05, 3.63) is 87.6 Å². The monoisotopic (exact) mass is 437 g/mol. The molecule has 0 aliphatic rings. The van der Waals surface area contributed by atoms with Crippen LogP contribution in [0.4, 0.5) is 17.6 Å². The maximum Gasteiger partial charge on any atom is 0.416 e. The number of rotatable bonds is 6. The van der Waals surface area contributed by atoms with Gasteiger partial charge < -0.3 is 10.4 Å². The van der Waals surface area contributed by atoms with Crippen molar-refractivity contribution in [2.45, 2.75) is 18.6 Å². The van der Waals surface area contributed by atoms with Crippen LogP contribution in [0, 0.1) is 5.82 Å². The standard InChI is InChI=1S/C20H15F4N3O4/c21-13-7-3-4-8-16(13)27-17(28)9-15(26-27)19(31)25-14(10-18(29)30)11-5-1-2-6-12(11)20(22,23)24/h1-9,14,26H,10H2,(H,25,31)(H,29,30)/t14-/m0/s1. The molecular weight excluding hydrogens is 422 g/mol. The van der Waals surface area contributed by atoms with E-state index in [2.05, 4.69) is 10.4 Å². The summed E-state index contributed by atoms with van der Waals surface area (Å²) in [6.07, 6.45) is -5.61. The predicted octanol–water partition coefficient (Wildman–Crippen LogP) is 3.27. The number of amides is 1. The van der Waals surface area contributed by atoms with Crippen LogP contribution in [0.25, 0.3) is 5.69 Å². The minimum absolute atomic E-state index is 0.170. The highest BCUT2D eigenvalue weighted by molar-refractivity contribution is 5.92. The summed E-state index contributed by atoms with van der Waals surface area (Å²) in [5.41, 5.74) is -2.88. The van der Waals surface area contributed by atoms with Gasteiger partial charge in [0.05, 0.1) is 18.0 Å². The van der Waals surface area contributed by atoms with Gasteiger partial charge >= 0.3 is 12.1 Å². The summed E-state index contributed by atoms with van der Waals surface area (Å²) in [6, 6.07) is 8.77. The fourth-order valence-corrected chi connectivity index (χ4v) is 3.03. The van der Waals surface area contributed by atoms with Gasteiger partial charge in [0.1, 0.15) is 17.2 Å². The molecular formula is C20H15F4N3O4. The van der Waals surface area contributed by atoms with Crippen molar-refractivity contribution in [3.63, 3.8) is 0 Å². The molecule has 0 bridgehead atoms. The van der Waals surface area contributed by atoms with E-state index in [1.807, 2.05) is 0 Å². The van der Waals surface area contributed by atoms with Gasteiger partial charge in [-0.1, -0.05) is 30.3 Å². The SMILES string of the molecule is O=C(O)C[C@H](NC(=O)c1cc(=O)n(-c2ccccc2F)[nH]1)c1ccccc1C(F)(F)F. The molecule has 0 saturated carbocycles. The molecule has 1 heterocycles. The summed E-state index contributed by atoms with van der Waals surface area (Å²) >= 11 is 0. The van der Waals surface area contributed by atoms with Gasteiger partial charge in [0.15, 0.2) is 0 Å². The molecule has 11 heteroatoms. The molecule has 7 nitrogen and oxygen atoms in total. The second kappa shape index (κ2) is 8.46. The van der Waals surface area contributed by atoms with Crippen molar-refractivity contribution in [1.82, 2.24) is 15.1 Å². The number of nitrogens with zero attached hydrogens (tertiary/aromatic N) is 1. The van der Waals surface area contributed by atoms with Gasteiger partial charge in [0.2, 0.25) is 0 Å². The molecule has 0 fully saturated rings. The zero-order valence-electron chi connectivity index (χ0n) is 15.6. The molecule has 0 saturated heterocycles. The average molecular weight is 437 g/mol. The van der Waals surface area contributed by atoms with Crippen LogP contribution in [0.5, 0.6) is 0 Å². The van der Waals surface area contributed by atoms with Crippen LogP contribution in [0.2, 0.25) is 0 Å². The predicted molar refractivity (Wildman–Crippen MR) is 100 cm³/mol. The van der Waals surface area contributed by atoms with E-state index < -0.39 is 53.0 Å². The largest absolute Gasteiger partial charge is 0.481 e. The van der Waals surface area contributed by atoms with Gasteiger partial charge in [-0.25, -0.2) is 9.07 Å². The zero-order valence-corrected chi connectivity index (χ0v) is 15.6. The third kappa shape index (κ3) is 4.82. The molecule has 162 valence electrons. The number of carbonyl (C=O) groups is 2. The highest BCUT2D eigenvalue weighted by Gasteiger charge is 2.36. The van der Waals surface area contributed by atoms with E-state index in [4.69, 9.17) is 5.11 Å². The Balaban J connectivity index is 1.95. The molecule has 2 aromatic carbocycles. The lowest BCUT2D eigenvalue weighted by Crippen LogP contribution is -2.32. The summed E-state index contributed by atoms with van der Waals surface area (Å²) in [6.45, 7) is 0. The number of aliphatic carboxylic acids is 1. The molecule has 1 amide bonds. The van der Waals surface area contributed by atoms with Crippen molar-refractivity contribution in [2.24, 2.45) is 0 Å². The molecule has 0 spiro atoms. The minimum atomic E-state index is -4.78. The van der Waals surface area contributed by atoms with E-state index in [0.29, 0.717) is 0 Å². The zero-order chi connectivity index (χ0) is 22.8. The number of halogens is 4. The number of aromatic amines is 1. The number of nitrogens with one attached hydrogen (secondary N) is 2. The Morgan fingerprint density at radius 1 is 1.10 bits per heavy atom. The molecule has 31 heavy (non-hydrogen) atoms. The van der Waals surface area contributed by atoms with Crippen LogP contribution in [-0.2, 0) is 11.0 Å². The quantitative estimate of drug-likeness (QED) is 0.515. The van der Waals surface area contributed by atoms with Crippen LogP contribution in [0.15, 0.2) is 59.4 Å². The lowest BCUT2D eigenvalue weighted by molar-refractivity contribution is -0.140. The van der Waals surface area contributed by atoms with E-state index in [1.54, 1.807) is 0 Å². The number of carbonyl (C=O) groups excluding carboxylic acids is 1. The van der Waals surface area contributed by atoms with Gasteiger partial charge in [0.25, 0.3) is 11.5 Å². The highest BCUT2D eigenvalue weighted by Crippen LogP contribution is 2.35. The molecule has 0 aliphatic carbocycles. The molecule has 0 radical (unpaired) electrons. The molecule has 0 unspecified atom stereocenters. The topological polar surface area (TPSA) is 104 Å². The van der Waals surface area contributed by atoms with E-state index in [-0.39, 0.29) is 11.4 Å². The normalized spacial score (nSPS) is 12.4. The lowest BCUT2D eigenvalue weighted by Gasteiger charge is -2.21. The number of carboxylic acids is 1. The fourth-order valence-electron chi connectivity index (χ4n) is 3.03. The van der Waals surface area contributed by atoms with Crippen LogP contribution in [0.1, 0.15) is 34.1 Å². The van der Waals surface area contributed by atoms with Gasteiger partial charge in [-0.3, -0.25) is 19.5 Å². The second-order valence-corrected chi connectivity index (χ2v) is 6.50. The Kier molecular flexibility index (Phi) is 5.95. The van der Waals surface area contributed by atoms with Gasteiger partial charge in [-0.2, -0.15) is 13.2 Å². The number of H-pyrrole nitrogens is 1. The number of para-hydroxylation sites is 1. The first-order valence-electron chi connectivity index (χ1n) is 8.83. The molecule has 1 aromatic heterocycles. The van der Waals surface area contributed by atoms with Crippen LogP contribution >= 0.6 is 0 Å². The Labute approximate surface area is 171 Å². The maximum absolute atomic E-state index is 13.9. The second-order valence-electron chi connectivity index (χ2n) is 6.50. The minimum Gasteiger partial charge on any atom is -0.481 e. The van der Waals surface area contributed by atoms with Crippen molar-refractivity contribution < 1.29 is 32.3 Å². The van der Waals surface area contributed by atoms with Crippen molar-refractivity contribution in [3.8, 4) is 5.69 Å². The lowest BCUT2D eigenvalue weighted by atomic mass is 9.97. The molecule has 3 N–H and O–H groups in total. The van der Waals surface area contributed by atoms with Gasteiger partial charge in [-0.15, -0.1) is 0 Å². The fraction of sp³-hybridized carbons (Fsp3) is 0.150. The Hall–Kier alpha value is -3.89. The summed E-state index contributed by atoms with van der Waals surface area (Å²) in [4.78, 5) is 36.0. The number of hydrogen-bond donors (Lipinski definition) is 3. The summed E-state index contributed by atoms with van der Waals surface area (Å²) in [7, 11) is 0. The van der Waals surface area contributed by atoms with Crippen molar-refractivity contribution >= 4 is 11.9 Å². The Bertz CT molecular complexity index is 1180. The van der Waals surface area contributed by atoms with E-state index in [9.17, 15) is 31.9 Å². The molecule has 3 rings (SSSR count). The molecule has 0 aliphatic heterocycles. The van der Waals surface area contributed by atoms with Crippen LogP contribution in [-0.4, -0.2) is 26.8 Å². The Morgan fingerprint density at radius 2 is 1.74 bits per heavy atom. The first-order valence-corrected chi connectivity index (χ1v) is 8.83. The number of hydrogen-bond acceptors (Lipinski definition) is 3. The van der Waals surface area contributed by atoms with Gasteiger partial charge in [0, 0.05) is 6.07 Å². The first kappa shape index (κ1) is 21.8. The van der Waals surface area contributed by atoms with E-state index >= 15 is 0 Å². The summed E-state index contributed by atoms with van der Waals surface area (Å²) in [5, 5.41) is 13.7. The smallest absolute Gasteiger partial charge is 0.416 e. The van der Waals surface area contributed by atoms with Crippen LogP contribution < -0.4 is 10.9 Å². The van der Waals surface area contributed by atoms with Crippen LogP contribution in [0.3, 0.4) is 0 Å². The molecule has 3 aromatic rings. The van der Waals surface area contributed by atoms with Crippen molar-refractivity contribution in [1.29, 1.82) is 0 Å². The summed E-state index contributed by atoms with van der Waals surface area (Å²) in [5.74, 6) is -3.23. The summed E-state index contributed by atoms with van der Waals surface area (Å²) < 4.78 is 54.7. The van der Waals surface area contributed by atoms with Gasteiger partial charge in [-0.05, 0) is 23.8 Å².